The van der Waals surface area contributed by atoms with Crippen molar-refractivity contribution in [3.05, 3.63) is 34.9 Å². The van der Waals surface area contributed by atoms with Gasteiger partial charge in [-0.3, -0.25) is 9.79 Å². The number of Topliss-reactive ketones (excluding diaryl/α,β-unsaturated/α-hetero) is 1. The number of aryl methyl sites for hydroxylation is 2. The van der Waals surface area contributed by atoms with E-state index in [-0.39, 0.29) is 18.3 Å². The molecule has 0 aliphatic heterocycles. The molecule has 6 N–H and O–H groups in total. The Kier molecular flexibility index (Phi) is 7.21. The van der Waals surface area contributed by atoms with E-state index < -0.39 is 12.0 Å². The van der Waals surface area contributed by atoms with Gasteiger partial charge < -0.3 is 21.9 Å². The second kappa shape index (κ2) is 8.89. The van der Waals surface area contributed by atoms with Crippen molar-refractivity contribution in [1.82, 2.24) is 0 Å². The molecular weight excluding hydrogens is 296 g/mol. The molecule has 1 rings (SSSR count). The molecule has 0 heterocycles. The van der Waals surface area contributed by atoms with Crippen molar-refractivity contribution in [3.63, 3.8) is 0 Å². The van der Waals surface area contributed by atoms with E-state index in [1.54, 1.807) is 0 Å². The number of ketones is 1. The van der Waals surface area contributed by atoms with Gasteiger partial charge in [0.1, 0.15) is 0 Å². The van der Waals surface area contributed by atoms with Gasteiger partial charge in [0, 0.05) is 6.54 Å². The standard InChI is InChI=1S/C16H24N4O3/c1-10-5-3-6-11(2)14(10)15(22)23-9-13(21)12(17)7-4-8-20-16(18)19/h3,5-6,12H,4,7-9,17H2,1-2H3,(H4,18,19,20)/t12-/m0/s1. The summed E-state index contributed by atoms with van der Waals surface area (Å²) in [4.78, 5) is 27.8. The fraction of sp³-hybridized carbons (Fsp3) is 0.438. The van der Waals surface area contributed by atoms with E-state index in [0.717, 1.165) is 11.1 Å². The minimum Gasteiger partial charge on any atom is -0.454 e. The van der Waals surface area contributed by atoms with Gasteiger partial charge in [0.15, 0.2) is 18.3 Å². The third-order valence-corrected chi connectivity index (χ3v) is 3.41. The molecular formula is C16H24N4O3. The lowest BCUT2D eigenvalue weighted by Crippen LogP contribution is -2.34. The first-order valence-electron chi connectivity index (χ1n) is 7.40. The summed E-state index contributed by atoms with van der Waals surface area (Å²) in [6.45, 7) is 3.71. The summed E-state index contributed by atoms with van der Waals surface area (Å²) in [7, 11) is 0. The minimum absolute atomic E-state index is 0.00688. The Bertz CT molecular complexity index is 575. The molecule has 23 heavy (non-hydrogen) atoms. The molecule has 0 spiro atoms. The molecule has 1 aromatic carbocycles. The number of benzene rings is 1. The maximum atomic E-state index is 12.1. The maximum Gasteiger partial charge on any atom is 0.339 e. The topological polar surface area (TPSA) is 134 Å². The van der Waals surface area contributed by atoms with Crippen LogP contribution in [0.1, 0.15) is 34.3 Å². The molecule has 7 nitrogen and oxygen atoms in total. The van der Waals surface area contributed by atoms with Crippen molar-refractivity contribution < 1.29 is 14.3 Å². The first-order chi connectivity index (χ1) is 10.8. The molecule has 0 aliphatic rings. The summed E-state index contributed by atoms with van der Waals surface area (Å²) in [5.74, 6) is -0.830. The number of carbonyl (C=O) groups is 2. The summed E-state index contributed by atoms with van der Waals surface area (Å²) in [6.07, 6.45) is 1.01. The van der Waals surface area contributed by atoms with Crippen LogP contribution in [0.2, 0.25) is 0 Å². The SMILES string of the molecule is Cc1cccc(C)c1C(=O)OCC(=O)[C@@H](N)CCCN=C(N)N. The van der Waals surface area contributed by atoms with E-state index in [4.69, 9.17) is 21.9 Å². The number of carbonyl (C=O) groups excluding carboxylic acids is 2. The van der Waals surface area contributed by atoms with Crippen LogP contribution in [0.4, 0.5) is 0 Å². The fourth-order valence-corrected chi connectivity index (χ4v) is 2.13. The molecule has 0 radical (unpaired) electrons. The monoisotopic (exact) mass is 320 g/mol. The van der Waals surface area contributed by atoms with Crippen LogP contribution in [0, 0.1) is 13.8 Å². The highest BCUT2D eigenvalue weighted by Crippen LogP contribution is 2.14. The molecule has 0 aromatic heterocycles. The fourth-order valence-electron chi connectivity index (χ4n) is 2.13. The second-order valence-corrected chi connectivity index (χ2v) is 5.36. The summed E-state index contributed by atoms with van der Waals surface area (Å²) >= 11 is 0. The molecule has 0 saturated heterocycles. The summed E-state index contributed by atoms with van der Waals surface area (Å²) < 4.78 is 5.08. The van der Waals surface area contributed by atoms with Gasteiger partial charge in [-0.05, 0) is 37.8 Å². The smallest absolute Gasteiger partial charge is 0.339 e. The van der Waals surface area contributed by atoms with E-state index in [2.05, 4.69) is 4.99 Å². The molecule has 0 amide bonds. The van der Waals surface area contributed by atoms with Crippen LogP contribution in [0.3, 0.4) is 0 Å². The molecule has 7 heteroatoms. The van der Waals surface area contributed by atoms with Gasteiger partial charge in [-0.15, -0.1) is 0 Å². The van der Waals surface area contributed by atoms with Gasteiger partial charge in [0.2, 0.25) is 0 Å². The highest BCUT2D eigenvalue weighted by molar-refractivity contribution is 5.95. The third-order valence-electron chi connectivity index (χ3n) is 3.41. The van der Waals surface area contributed by atoms with Crippen molar-refractivity contribution in [2.45, 2.75) is 32.7 Å². The summed E-state index contributed by atoms with van der Waals surface area (Å²) in [5.41, 5.74) is 18.3. The number of rotatable bonds is 8. The number of ether oxygens (including phenoxy) is 1. The lowest BCUT2D eigenvalue weighted by Gasteiger charge is -2.12. The largest absolute Gasteiger partial charge is 0.454 e. The van der Waals surface area contributed by atoms with E-state index >= 15 is 0 Å². The average molecular weight is 320 g/mol. The average Bonchev–Trinajstić information content (AvgIpc) is 2.48. The van der Waals surface area contributed by atoms with Crippen LogP contribution in [0.15, 0.2) is 23.2 Å². The van der Waals surface area contributed by atoms with E-state index in [1.165, 1.54) is 0 Å². The Hall–Kier alpha value is -2.41. The summed E-state index contributed by atoms with van der Waals surface area (Å²) in [6, 6.07) is 4.80. The minimum atomic E-state index is -0.699. The molecule has 1 atom stereocenters. The van der Waals surface area contributed by atoms with Crippen molar-refractivity contribution >= 4 is 17.7 Å². The number of hydrogen-bond acceptors (Lipinski definition) is 5. The van der Waals surface area contributed by atoms with Crippen LogP contribution in [-0.4, -0.2) is 36.9 Å². The number of hydrogen-bond donors (Lipinski definition) is 3. The van der Waals surface area contributed by atoms with E-state index in [9.17, 15) is 9.59 Å². The third kappa shape index (κ3) is 6.07. The first-order valence-corrected chi connectivity index (χ1v) is 7.40. The number of esters is 1. The van der Waals surface area contributed by atoms with Crippen LogP contribution >= 0.6 is 0 Å². The van der Waals surface area contributed by atoms with Crippen LogP contribution in [-0.2, 0) is 9.53 Å². The van der Waals surface area contributed by atoms with Crippen LogP contribution in [0.5, 0.6) is 0 Å². The normalized spacial score (nSPS) is 11.6. The summed E-state index contributed by atoms with van der Waals surface area (Å²) in [5, 5.41) is 0. The molecule has 0 fully saturated rings. The number of nitrogens with two attached hydrogens (primary N) is 3. The molecule has 0 saturated carbocycles. The predicted molar refractivity (Wildman–Crippen MR) is 89.1 cm³/mol. The number of nitrogens with zero attached hydrogens (tertiary/aromatic N) is 1. The van der Waals surface area contributed by atoms with Gasteiger partial charge in [0.25, 0.3) is 0 Å². The Morgan fingerprint density at radius 2 is 1.83 bits per heavy atom. The Labute approximate surface area is 135 Å². The zero-order chi connectivity index (χ0) is 17.4. The van der Waals surface area contributed by atoms with Crippen molar-refractivity contribution in [2.24, 2.45) is 22.2 Å². The van der Waals surface area contributed by atoms with E-state index in [0.29, 0.717) is 24.9 Å². The Balaban J connectivity index is 2.46. The quantitative estimate of drug-likeness (QED) is 0.275. The van der Waals surface area contributed by atoms with Gasteiger partial charge in [-0.25, -0.2) is 4.79 Å². The number of guanidine groups is 1. The molecule has 0 bridgehead atoms. The molecule has 0 aliphatic carbocycles. The molecule has 0 unspecified atom stereocenters. The lowest BCUT2D eigenvalue weighted by molar-refractivity contribution is -0.123. The zero-order valence-electron chi connectivity index (χ0n) is 13.5. The lowest BCUT2D eigenvalue weighted by atomic mass is 10.0. The molecule has 126 valence electrons. The van der Waals surface area contributed by atoms with Gasteiger partial charge in [-0.1, -0.05) is 18.2 Å². The predicted octanol–water partition coefficient (Wildman–Crippen LogP) is 0.410. The number of aliphatic imine (C=N–C) groups is 1. The van der Waals surface area contributed by atoms with Crippen molar-refractivity contribution in [1.29, 1.82) is 0 Å². The highest BCUT2D eigenvalue weighted by Gasteiger charge is 2.18. The zero-order valence-corrected chi connectivity index (χ0v) is 13.5. The van der Waals surface area contributed by atoms with Crippen LogP contribution in [0.25, 0.3) is 0 Å². The van der Waals surface area contributed by atoms with Gasteiger partial charge >= 0.3 is 5.97 Å². The van der Waals surface area contributed by atoms with Crippen molar-refractivity contribution in [2.75, 3.05) is 13.2 Å². The maximum absolute atomic E-state index is 12.1. The Morgan fingerprint density at radius 3 is 2.39 bits per heavy atom. The first kappa shape index (κ1) is 18.6. The molecule has 1 aromatic rings. The highest BCUT2D eigenvalue weighted by atomic mass is 16.5. The van der Waals surface area contributed by atoms with E-state index in [1.807, 2.05) is 32.0 Å². The Morgan fingerprint density at radius 1 is 1.22 bits per heavy atom. The van der Waals surface area contributed by atoms with Gasteiger partial charge in [0.05, 0.1) is 11.6 Å². The van der Waals surface area contributed by atoms with Crippen molar-refractivity contribution in [3.8, 4) is 0 Å². The second-order valence-electron chi connectivity index (χ2n) is 5.36. The van der Waals surface area contributed by atoms with Crippen LogP contribution < -0.4 is 17.2 Å². The van der Waals surface area contributed by atoms with Gasteiger partial charge in [-0.2, -0.15) is 0 Å².